The van der Waals surface area contributed by atoms with Crippen molar-refractivity contribution in [3.05, 3.63) is 42.2 Å². The Morgan fingerprint density at radius 2 is 2.21 bits per heavy atom. The van der Waals surface area contributed by atoms with Crippen molar-refractivity contribution < 1.29 is 4.79 Å². The number of hydrogen-bond acceptors (Lipinski definition) is 3. The molecule has 0 atom stereocenters. The molecule has 0 aliphatic heterocycles. The summed E-state index contributed by atoms with van der Waals surface area (Å²) >= 11 is 0. The maximum absolute atomic E-state index is 11.8. The molecular formula is C14H14N4O. The molecule has 0 unspecified atom stereocenters. The molecule has 0 fully saturated rings. The largest absolute Gasteiger partial charge is 0.357 e. The van der Waals surface area contributed by atoms with Gasteiger partial charge in [0.15, 0.2) is 5.78 Å². The number of carbonyl (C=O) groups excluding carboxylic acids is 1. The van der Waals surface area contributed by atoms with Crippen LogP contribution in [0, 0.1) is 0 Å². The molecule has 5 nitrogen and oxygen atoms in total. The van der Waals surface area contributed by atoms with Crippen LogP contribution >= 0.6 is 0 Å². The van der Waals surface area contributed by atoms with Gasteiger partial charge in [-0.25, -0.2) is 4.68 Å². The minimum Gasteiger partial charge on any atom is -0.357 e. The maximum atomic E-state index is 11.8. The molecule has 2 heterocycles. The zero-order chi connectivity index (χ0) is 13.2. The monoisotopic (exact) mass is 254 g/mol. The second-order valence-corrected chi connectivity index (χ2v) is 4.43. The minimum atomic E-state index is 0.123. The van der Waals surface area contributed by atoms with Crippen molar-refractivity contribution >= 4 is 16.8 Å². The van der Waals surface area contributed by atoms with Crippen molar-refractivity contribution in [3.63, 3.8) is 0 Å². The Labute approximate surface area is 110 Å². The highest BCUT2D eigenvalue weighted by atomic mass is 16.1. The van der Waals surface area contributed by atoms with E-state index in [-0.39, 0.29) is 5.78 Å². The van der Waals surface area contributed by atoms with Crippen molar-refractivity contribution in [1.29, 1.82) is 0 Å². The zero-order valence-corrected chi connectivity index (χ0v) is 10.6. The molecule has 0 aliphatic carbocycles. The maximum Gasteiger partial charge on any atom is 0.179 e. The summed E-state index contributed by atoms with van der Waals surface area (Å²) in [4.78, 5) is 14.8. The highest BCUT2D eigenvalue weighted by Crippen LogP contribution is 2.17. The Bertz CT molecular complexity index is 726. The number of rotatable bonds is 4. The Kier molecular flexibility index (Phi) is 2.87. The van der Waals surface area contributed by atoms with E-state index in [1.165, 1.54) is 0 Å². The average Bonchev–Trinajstić information content (AvgIpc) is 3.05. The molecule has 3 rings (SSSR count). The molecule has 1 N–H and O–H groups in total. The fraction of sp³-hybridized carbons (Fsp3) is 0.214. The standard InChI is InChI=1S/C14H14N4O/c1-2-5-14(19)12-8-10(9-15-12)18-13-7-4-3-6-11(13)16-17-18/h3-4,6-9,15H,2,5H2,1H3. The van der Waals surface area contributed by atoms with Crippen molar-refractivity contribution in [2.75, 3.05) is 0 Å². The van der Waals surface area contributed by atoms with Gasteiger partial charge in [-0.1, -0.05) is 24.3 Å². The Morgan fingerprint density at radius 3 is 3.05 bits per heavy atom. The summed E-state index contributed by atoms with van der Waals surface area (Å²) in [5, 5.41) is 8.22. The lowest BCUT2D eigenvalue weighted by Gasteiger charge is -1.96. The van der Waals surface area contributed by atoms with Gasteiger partial charge in [0.25, 0.3) is 0 Å². The lowest BCUT2D eigenvalue weighted by Crippen LogP contribution is -1.98. The topological polar surface area (TPSA) is 63.6 Å². The third-order valence-corrected chi connectivity index (χ3v) is 3.04. The molecule has 3 aromatic rings. The SMILES string of the molecule is CCCC(=O)c1cc(-n2nnc3ccccc32)c[nH]1. The van der Waals surface area contributed by atoms with Crippen molar-refractivity contribution in [2.45, 2.75) is 19.8 Å². The summed E-state index contributed by atoms with van der Waals surface area (Å²) in [5.41, 5.74) is 3.21. The van der Waals surface area contributed by atoms with E-state index in [2.05, 4.69) is 15.3 Å². The number of carbonyl (C=O) groups is 1. The number of nitrogens with zero attached hydrogens (tertiary/aromatic N) is 3. The third-order valence-electron chi connectivity index (χ3n) is 3.04. The predicted molar refractivity (Wildman–Crippen MR) is 72.5 cm³/mol. The first-order valence-electron chi connectivity index (χ1n) is 6.32. The smallest absolute Gasteiger partial charge is 0.179 e. The van der Waals surface area contributed by atoms with Gasteiger partial charge in [0, 0.05) is 12.6 Å². The lowest BCUT2D eigenvalue weighted by atomic mass is 10.2. The number of fused-ring (bicyclic) bond motifs is 1. The lowest BCUT2D eigenvalue weighted by molar-refractivity contribution is 0.0977. The highest BCUT2D eigenvalue weighted by molar-refractivity contribution is 5.95. The fourth-order valence-electron chi connectivity index (χ4n) is 2.09. The number of aromatic amines is 1. The van der Waals surface area contributed by atoms with E-state index in [9.17, 15) is 4.79 Å². The Balaban J connectivity index is 2.01. The van der Waals surface area contributed by atoms with Gasteiger partial charge >= 0.3 is 0 Å². The zero-order valence-electron chi connectivity index (χ0n) is 10.6. The van der Waals surface area contributed by atoms with Crippen molar-refractivity contribution in [1.82, 2.24) is 20.0 Å². The van der Waals surface area contributed by atoms with Gasteiger partial charge < -0.3 is 4.98 Å². The molecule has 2 aromatic heterocycles. The van der Waals surface area contributed by atoms with E-state index in [1.807, 2.05) is 37.3 Å². The molecule has 1 aromatic carbocycles. The number of ketones is 1. The van der Waals surface area contributed by atoms with Crippen LogP contribution in [0.5, 0.6) is 0 Å². The molecule has 0 amide bonds. The van der Waals surface area contributed by atoms with Crippen LogP contribution in [0.25, 0.3) is 16.7 Å². The van der Waals surface area contributed by atoms with E-state index in [0.29, 0.717) is 12.1 Å². The quantitative estimate of drug-likeness (QED) is 0.728. The van der Waals surface area contributed by atoms with Crippen LogP contribution in [-0.2, 0) is 0 Å². The number of benzene rings is 1. The second kappa shape index (κ2) is 4.68. The van der Waals surface area contributed by atoms with Crippen molar-refractivity contribution in [3.8, 4) is 5.69 Å². The second-order valence-electron chi connectivity index (χ2n) is 4.43. The van der Waals surface area contributed by atoms with Crippen LogP contribution in [-0.4, -0.2) is 25.8 Å². The van der Waals surface area contributed by atoms with E-state index < -0.39 is 0 Å². The van der Waals surface area contributed by atoms with E-state index in [4.69, 9.17) is 0 Å². The molecule has 5 heteroatoms. The van der Waals surface area contributed by atoms with Crippen LogP contribution < -0.4 is 0 Å². The van der Waals surface area contributed by atoms with E-state index in [1.54, 1.807) is 10.9 Å². The predicted octanol–water partition coefficient (Wildman–Crippen LogP) is 2.73. The summed E-state index contributed by atoms with van der Waals surface area (Å²) in [6, 6.07) is 9.55. The van der Waals surface area contributed by atoms with Gasteiger partial charge in [-0.2, -0.15) is 0 Å². The molecule has 0 saturated carbocycles. The molecule has 0 aliphatic rings. The van der Waals surface area contributed by atoms with E-state index in [0.717, 1.165) is 23.1 Å². The summed E-state index contributed by atoms with van der Waals surface area (Å²) < 4.78 is 1.73. The van der Waals surface area contributed by atoms with Crippen LogP contribution in [0.3, 0.4) is 0 Å². The number of aromatic nitrogens is 4. The molecule has 96 valence electrons. The molecule has 0 bridgehead atoms. The van der Waals surface area contributed by atoms with Crippen LogP contribution in [0.15, 0.2) is 36.5 Å². The van der Waals surface area contributed by atoms with Gasteiger partial charge in [0.1, 0.15) is 5.52 Å². The van der Waals surface area contributed by atoms with Gasteiger partial charge in [-0.3, -0.25) is 4.79 Å². The van der Waals surface area contributed by atoms with Gasteiger partial charge in [0.05, 0.1) is 16.9 Å². The van der Waals surface area contributed by atoms with Crippen LogP contribution in [0.1, 0.15) is 30.3 Å². The molecule has 0 spiro atoms. The van der Waals surface area contributed by atoms with Gasteiger partial charge in [-0.05, 0) is 24.6 Å². The molecule has 0 radical (unpaired) electrons. The number of hydrogen-bond donors (Lipinski definition) is 1. The number of para-hydroxylation sites is 1. The number of Topliss-reactive ketones (excluding diaryl/α,β-unsaturated/α-hetero) is 1. The first-order chi connectivity index (χ1) is 9.29. The Morgan fingerprint density at radius 1 is 1.37 bits per heavy atom. The molecular weight excluding hydrogens is 240 g/mol. The molecule has 0 saturated heterocycles. The third kappa shape index (κ3) is 2.03. The van der Waals surface area contributed by atoms with Crippen LogP contribution in [0.4, 0.5) is 0 Å². The van der Waals surface area contributed by atoms with E-state index >= 15 is 0 Å². The first-order valence-corrected chi connectivity index (χ1v) is 6.32. The summed E-state index contributed by atoms with van der Waals surface area (Å²) in [6.07, 6.45) is 3.18. The van der Waals surface area contributed by atoms with Gasteiger partial charge in [-0.15, -0.1) is 5.10 Å². The first kappa shape index (κ1) is 11.6. The van der Waals surface area contributed by atoms with Crippen molar-refractivity contribution in [2.24, 2.45) is 0 Å². The highest BCUT2D eigenvalue weighted by Gasteiger charge is 2.11. The van der Waals surface area contributed by atoms with Gasteiger partial charge in [0.2, 0.25) is 0 Å². The number of nitrogens with one attached hydrogen (secondary N) is 1. The summed E-state index contributed by atoms with van der Waals surface area (Å²) in [6.45, 7) is 1.99. The minimum absolute atomic E-state index is 0.123. The fourth-order valence-corrected chi connectivity index (χ4v) is 2.09. The normalized spacial score (nSPS) is 11.0. The Hall–Kier alpha value is -2.43. The summed E-state index contributed by atoms with van der Waals surface area (Å²) in [5.74, 6) is 0.123. The van der Waals surface area contributed by atoms with Crippen LogP contribution in [0.2, 0.25) is 0 Å². The molecule has 19 heavy (non-hydrogen) atoms. The average molecular weight is 254 g/mol. The number of H-pyrrole nitrogens is 1. The summed E-state index contributed by atoms with van der Waals surface area (Å²) in [7, 11) is 0.